The van der Waals surface area contributed by atoms with Gasteiger partial charge in [-0.05, 0) is 12.8 Å². The molecular formula is C3H7NaO2S. The van der Waals surface area contributed by atoms with Crippen molar-refractivity contribution in [1.82, 2.24) is 0 Å². The van der Waals surface area contributed by atoms with Crippen molar-refractivity contribution in [3.8, 4) is 0 Å². The fraction of sp³-hybridized carbons (Fsp3) is 1.00. The predicted molar refractivity (Wildman–Crippen MR) is 31.3 cm³/mol. The summed E-state index contributed by atoms with van der Waals surface area (Å²) in [6, 6.07) is 0. The Morgan fingerprint density at radius 1 is 1.29 bits per heavy atom. The molecule has 0 radical (unpaired) electrons. The molecule has 0 atom stereocenters. The van der Waals surface area contributed by atoms with Crippen LogP contribution < -0.4 is 0 Å². The Morgan fingerprint density at radius 2 is 1.86 bits per heavy atom. The van der Waals surface area contributed by atoms with Crippen LogP contribution in [-0.2, 0) is 8.67 Å². The Balaban J connectivity index is 0.000000245. The van der Waals surface area contributed by atoms with Crippen LogP contribution in [0.1, 0.15) is 12.8 Å². The van der Waals surface area contributed by atoms with E-state index in [2.05, 4.69) is 8.67 Å². The molecule has 2 fully saturated rings. The van der Waals surface area contributed by atoms with E-state index in [4.69, 9.17) is 0 Å². The van der Waals surface area contributed by atoms with E-state index >= 15 is 0 Å². The number of thiol groups is 1. The van der Waals surface area contributed by atoms with Crippen LogP contribution in [0.5, 0.6) is 0 Å². The summed E-state index contributed by atoms with van der Waals surface area (Å²) in [4.78, 5) is 0. The molecule has 4 heteroatoms. The van der Waals surface area contributed by atoms with E-state index in [0.717, 1.165) is 5.25 Å². The van der Waals surface area contributed by atoms with Crippen molar-refractivity contribution in [2.75, 3.05) is 0 Å². The summed E-state index contributed by atoms with van der Waals surface area (Å²) in [6.07, 6.45) is 2.68. The van der Waals surface area contributed by atoms with Crippen LogP contribution in [0.3, 0.4) is 0 Å². The molecule has 1 aliphatic heterocycles. The molecule has 1 saturated heterocycles. The standard InChI is InChI=1S/C3H6O2S.Na.H/c1-2-3(1)6-4-5-6;;/h3,6H,1-2H2;;. The van der Waals surface area contributed by atoms with Crippen molar-refractivity contribution < 1.29 is 8.67 Å². The summed E-state index contributed by atoms with van der Waals surface area (Å²) < 4.78 is 9.19. The third kappa shape index (κ3) is 1.59. The van der Waals surface area contributed by atoms with Crippen LogP contribution in [0.15, 0.2) is 0 Å². The second-order valence-corrected chi connectivity index (χ2v) is 3.26. The maximum absolute atomic E-state index is 4.60. The van der Waals surface area contributed by atoms with E-state index in [0.29, 0.717) is 0 Å². The molecule has 2 aliphatic rings. The van der Waals surface area contributed by atoms with E-state index in [1.807, 2.05) is 0 Å². The molecule has 2 rings (SSSR count). The molecule has 0 N–H and O–H groups in total. The van der Waals surface area contributed by atoms with Crippen LogP contribution in [0, 0.1) is 0 Å². The second kappa shape index (κ2) is 2.25. The van der Waals surface area contributed by atoms with Gasteiger partial charge in [-0.3, -0.25) is 0 Å². The number of rotatable bonds is 1. The van der Waals surface area contributed by atoms with E-state index in [1.165, 1.54) is 12.8 Å². The van der Waals surface area contributed by atoms with Gasteiger partial charge in [-0.1, -0.05) is 0 Å². The van der Waals surface area contributed by atoms with Gasteiger partial charge in [-0.15, -0.1) is 20.1 Å². The summed E-state index contributed by atoms with van der Waals surface area (Å²) >= 11 is -0.298. The van der Waals surface area contributed by atoms with Crippen molar-refractivity contribution in [3.63, 3.8) is 0 Å². The van der Waals surface area contributed by atoms with Crippen molar-refractivity contribution in [2.45, 2.75) is 18.1 Å². The van der Waals surface area contributed by atoms with Crippen molar-refractivity contribution in [3.05, 3.63) is 0 Å². The van der Waals surface area contributed by atoms with E-state index in [1.54, 1.807) is 0 Å². The van der Waals surface area contributed by atoms with Gasteiger partial charge in [0.15, 0.2) is 0 Å². The zero-order valence-electron chi connectivity index (χ0n) is 3.26. The number of hydrogen-bond acceptors (Lipinski definition) is 2. The minimum atomic E-state index is -0.298. The normalized spacial score (nSPS) is 31.7. The first-order chi connectivity index (χ1) is 2.97. The molecule has 0 unspecified atom stereocenters. The van der Waals surface area contributed by atoms with E-state index in [-0.39, 0.29) is 41.0 Å². The van der Waals surface area contributed by atoms with Crippen LogP contribution >= 0.6 is 11.5 Å². The predicted octanol–water partition coefficient (Wildman–Crippen LogP) is 0.293. The fourth-order valence-corrected chi connectivity index (χ4v) is 1.39. The van der Waals surface area contributed by atoms with Crippen LogP contribution in [-0.4, -0.2) is 34.8 Å². The fourth-order valence-electron chi connectivity index (χ4n) is 0.426. The monoisotopic (exact) mass is 130 g/mol. The minimum absolute atomic E-state index is 0. The summed E-state index contributed by atoms with van der Waals surface area (Å²) in [6.45, 7) is 0. The van der Waals surface area contributed by atoms with Gasteiger partial charge in [0.2, 0.25) is 0 Å². The van der Waals surface area contributed by atoms with Crippen LogP contribution in [0.2, 0.25) is 0 Å². The van der Waals surface area contributed by atoms with Crippen LogP contribution in [0.4, 0.5) is 0 Å². The van der Waals surface area contributed by atoms with Gasteiger partial charge in [0, 0.05) is 0 Å². The zero-order chi connectivity index (χ0) is 3.98. The third-order valence-corrected chi connectivity index (χ3v) is 2.44. The average Bonchev–Trinajstić information content (AvgIpc) is 2.26. The van der Waals surface area contributed by atoms with Gasteiger partial charge in [-0.2, -0.15) is 0 Å². The Kier molecular flexibility index (Phi) is 2.05. The molecule has 1 aliphatic carbocycles. The molecule has 7 heavy (non-hydrogen) atoms. The Hall–Kier alpha value is 1.27. The van der Waals surface area contributed by atoms with Gasteiger partial charge in [0.05, 0.1) is 5.25 Å². The van der Waals surface area contributed by atoms with Gasteiger partial charge >= 0.3 is 29.6 Å². The quantitative estimate of drug-likeness (QED) is 0.239. The van der Waals surface area contributed by atoms with Gasteiger partial charge in [0.1, 0.15) is 0 Å². The molecule has 0 bridgehead atoms. The van der Waals surface area contributed by atoms with Gasteiger partial charge in [0.25, 0.3) is 0 Å². The van der Waals surface area contributed by atoms with E-state index < -0.39 is 0 Å². The topological polar surface area (TPSA) is 25.1 Å². The molecule has 0 aromatic carbocycles. The molecule has 0 aromatic rings. The Morgan fingerprint density at radius 3 is 2.00 bits per heavy atom. The molecular weight excluding hydrogens is 123 g/mol. The molecule has 0 spiro atoms. The molecule has 0 aromatic heterocycles. The second-order valence-electron chi connectivity index (χ2n) is 1.67. The Labute approximate surface area is 67.5 Å². The van der Waals surface area contributed by atoms with Crippen molar-refractivity contribution in [2.24, 2.45) is 0 Å². The molecule has 1 heterocycles. The summed E-state index contributed by atoms with van der Waals surface area (Å²) in [5.74, 6) is 0. The number of hydrogen-bond donors (Lipinski definition) is 1. The average molecular weight is 130 g/mol. The Bertz CT molecular complexity index is 61.3. The van der Waals surface area contributed by atoms with Crippen molar-refractivity contribution >= 4 is 41.0 Å². The first-order valence-corrected chi connectivity index (χ1v) is 3.35. The molecule has 0 amide bonds. The van der Waals surface area contributed by atoms with Crippen LogP contribution in [0.25, 0.3) is 0 Å². The SMILES string of the molecule is C1CC1[SH]1OO1.[NaH]. The van der Waals surface area contributed by atoms with Gasteiger partial charge < -0.3 is 0 Å². The third-order valence-electron chi connectivity index (χ3n) is 1.01. The van der Waals surface area contributed by atoms with Crippen molar-refractivity contribution in [1.29, 1.82) is 0 Å². The summed E-state index contributed by atoms with van der Waals surface area (Å²) in [5.41, 5.74) is 0. The molecule has 38 valence electrons. The first-order valence-electron chi connectivity index (χ1n) is 2.11. The maximum atomic E-state index is 4.60. The molecule has 1 saturated carbocycles. The molecule has 2 nitrogen and oxygen atoms in total. The summed E-state index contributed by atoms with van der Waals surface area (Å²) in [5, 5.41) is 0.833. The van der Waals surface area contributed by atoms with Gasteiger partial charge in [-0.25, -0.2) is 0 Å². The zero-order valence-corrected chi connectivity index (χ0v) is 4.15. The summed E-state index contributed by atoms with van der Waals surface area (Å²) in [7, 11) is 0. The van der Waals surface area contributed by atoms with E-state index in [9.17, 15) is 0 Å². The first kappa shape index (κ1) is 6.39.